The van der Waals surface area contributed by atoms with Crippen LogP contribution in [-0.4, -0.2) is 26.8 Å². The van der Waals surface area contributed by atoms with Gasteiger partial charge in [0.15, 0.2) is 0 Å². The van der Waals surface area contributed by atoms with Gasteiger partial charge in [0.1, 0.15) is 10.8 Å². The average molecular weight is 237 g/mol. The van der Waals surface area contributed by atoms with Gasteiger partial charge in [-0.15, -0.1) is 10.2 Å². The molecule has 0 aliphatic heterocycles. The first-order chi connectivity index (χ1) is 7.70. The summed E-state index contributed by atoms with van der Waals surface area (Å²) in [5.41, 5.74) is 0. The quantitative estimate of drug-likeness (QED) is 0.883. The van der Waals surface area contributed by atoms with E-state index in [1.165, 1.54) is 0 Å². The summed E-state index contributed by atoms with van der Waals surface area (Å²) in [5.74, 6) is 1.51. The molecule has 0 aliphatic rings. The van der Waals surface area contributed by atoms with Gasteiger partial charge in [0.2, 0.25) is 5.13 Å². The Morgan fingerprint density at radius 1 is 1.44 bits per heavy atom. The summed E-state index contributed by atoms with van der Waals surface area (Å²) in [5, 5.41) is 13.0. The Bertz CT molecular complexity index is 459. The summed E-state index contributed by atoms with van der Waals surface area (Å²) in [7, 11) is 1.85. The Labute approximate surface area is 98.5 Å². The molecule has 0 bridgehead atoms. The van der Waals surface area contributed by atoms with Crippen LogP contribution in [0.4, 0.5) is 5.13 Å². The van der Waals surface area contributed by atoms with Gasteiger partial charge in [-0.25, -0.2) is 4.98 Å². The van der Waals surface area contributed by atoms with Crippen LogP contribution in [0.2, 0.25) is 0 Å². The Morgan fingerprint density at radius 3 is 2.88 bits per heavy atom. The number of hydrogen-bond donors (Lipinski definition) is 1. The van der Waals surface area contributed by atoms with Crippen LogP contribution in [0.25, 0.3) is 0 Å². The molecule has 6 heteroatoms. The normalized spacial score (nSPS) is 11.0. The van der Waals surface area contributed by atoms with Crippen molar-refractivity contribution in [1.82, 2.24) is 19.7 Å². The van der Waals surface area contributed by atoms with Gasteiger partial charge in [0.25, 0.3) is 0 Å². The molecule has 0 fully saturated rings. The number of nitrogens with one attached hydrogen (secondary N) is 1. The Hall–Kier alpha value is -1.43. The number of hydrogen-bond acceptors (Lipinski definition) is 5. The summed E-state index contributed by atoms with van der Waals surface area (Å²) < 4.78 is 2.12. The molecule has 0 saturated heterocycles. The van der Waals surface area contributed by atoms with Crippen molar-refractivity contribution in [2.75, 3.05) is 12.4 Å². The van der Waals surface area contributed by atoms with E-state index in [0.717, 1.165) is 22.5 Å². The summed E-state index contributed by atoms with van der Waals surface area (Å²) in [4.78, 5) is 4.34. The minimum atomic E-state index is 0.423. The Kier molecular flexibility index (Phi) is 3.19. The van der Waals surface area contributed by atoms with Crippen LogP contribution in [0.1, 0.15) is 30.6 Å². The highest BCUT2D eigenvalue weighted by Crippen LogP contribution is 2.18. The van der Waals surface area contributed by atoms with E-state index in [4.69, 9.17) is 0 Å². The van der Waals surface area contributed by atoms with Crippen LogP contribution in [0, 0.1) is 0 Å². The largest absolute Gasteiger partial charge is 0.363 e. The van der Waals surface area contributed by atoms with Crippen molar-refractivity contribution in [1.29, 1.82) is 0 Å². The molecule has 0 amide bonds. The van der Waals surface area contributed by atoms with Crippen LogP contribution >= 0.6 is 11.3 Å². The van der Waals surface area contributed by atoms with Gasteiger partial charge in [0, 0.05) is 25.4 Å². The molecule has 2 rings (SSSR count). The zero-order valence-corrected chi connectivity index (χ0v) is 10.5. The van der Waals surface area contributed by atoms with Crippen molar-refractivity contribution in [3.8, 4) is 0 Å². The minimum absolute atomic E-state index is 0.423. The lowest BCUT2D eigenvalue weighted by Crippen LogP contribution is -2.05. The molecule has 0 aromatic carbocycles. The number of nitrogens with zero attached hydrogens (tertiary/aromatic N) is 4. The van der Waals surface area contributed by atoms with Crippen molar-refractivity contribution >= 4 is 16.5 Å². The predicted molar refractivity (Wildman–Crippen MR) is 64.9 cm³/mol. The zero-order chi connectivity index (χ0) is 11.5. The van der Waals surface area contributed by atoms with E-state index in [1.54, 1.807) is 11.3 Å². The molecule has 1 N–H and O–H groups in total. The highest BCUT2D eigenvalue weighted by Gasteiger charge is 2.09. The smallest absolute Gasteiger partial charge is 0.205 e. The van der Waals surface area contributed by atoms with E-state index in [0.29, 0.717) is 5.92 Å². The highest BCUT2D eigenvalue weighted by atomic mass is 32.1. The molecular formula is C10H15N5S. The summed E-state index contributed by atoms with van der Waals surface area (Å²) in [6, 6.07) is 0. The Morgan fingerprint density at radius 2 is 2.25 bits per heavy atom. The first-order valence-corrected chi connectivity index (χ1v) is 6.03. The van der Waals surface area contributed by atoms with Gasteiger partial charge >= 0.3 is 0 Å². The van der Waals surface area contributed by atoms with E-state index in [1.807, 2.05) is 19.4 Å². The maximum Gasteiger partial charge on any atom is 0.205 e. The van der Waals surface area contributed by atoms with Gasteiger partial charge in [-0.2, -0.15) is 0 Å². The molecule has 16 heavy (non-hydrogen) atoms. The molecular weight excluding hydrogens is 222 g/mol. The molecule has 5 nitrogen and oxygen atoms in total. The summed E-state index contributed by atoms with van der Waals surface area (Å²) in [6.45, 7) is 5.02. The fourth-order valence-electron chi connectivity index (χ4n) is 1.52. The van der Waals surface area contributed by atoms with E-state index in [-0.39, 0.29) is 0 Å². The van der Waals surface area contributed by atoms with Crippen molar-refractivity contribution in [2.45, 2.75) is 26.3 Å². The Balaban J connectivity index is 2.17. The number of imidazole rings is 1. The summed E-state index contributed by atoms with van der Waals surface area (Å²) in [6.07, 6.45) is 3.81. The lowest BCUT2D eigenvalue weighted by Gasteiger charge is -2.07. The van der Waals surface area contributed by atoms with E-state index >= 15 is 0 Å². The van der Waals surface area contributed by atoms with E-state index in [2.05, 4.69) is 38.9 Å². The second-order valence-corrected chi connectivity index (χ2v) is 4.88. The van der Waals surface area contributed by atoms with Crippen molar-refractivity contribution in [3.05, 3.63) is 23.2 Å². The molecule has 0 atom stereocenters. The van der Waals surface area contributed by atoms with Gasteiger partial charge < -0.3 is 9.88 Å². The number of rotatable bonds is 4. The van der Waals surface area contributed by atoms with Gasteiger partial charge in [-0.1, -0.05) is 25.2 Å². The third-order valence-corrected chi connectivity index (χ3v) is 3.18. The molecule has 0 spiro atoms. The molecule has 2 heterocycles. The topological polar surface area (TPSA) is 55.6 Å². The van der Waals surface area contributed by atoms with Gasteiger partial charge in [0.05, 0.1) is 6.54 Å². The molecule has 0 radical (unpaired) electrons. The first-order valence-electron chi connectivity index (χ1n) is 5.22. The fourth-order valence-corrected chi connectivity index (χ4v) is 2.21. The zero-order valence-electron chi connectivity index (χ0n) is 9.64. The average Bonchev–Trinajstić information content (AvgIpc) is 2.87. The van der Waals surface area contributed by atoms with Crippen LogP contribution in [0.15, 0.2) is 12.4 Å². The van der Waals surface area contributed by atoms with Gasteiger partial charge in [-0.05, 0) is 0 Å². The number of aromatic nitrogens is 4. The molecule has 2 aromatic rings. The van der Waals surface area contributed by atoms with E-state index in [9.17, 15) is 0 Å². The van der Waals surface area contributed by atoms with Gasteiger partial charge in [-0.3, -0.25) is 0 Å². The summed E-state index contributed by atoms with van der Waals surface area (Å²) >= 11 is 1.57. The second kappa shape index (κ2) is 4.61. The SMILES string of the molecule is CNc1nnc(Cn2ccnc2C(C)C)s1. The van der Waals surface area contributed by atoms with Crippen LogP contribution in [0.3, 0.4) is 0 Å². The monoisotopic (exact) mass is 237 g/mol. The molecule has 86 valence electrons. The maximum atomic E-state index is 4.34. The number of anilines is 1. The maximum absolute atomic E-state index is 4.34. The lowest BCUT2D eigenvalue weighted by atomic mass is 10.2. The van der Waals surface area contributed by atoms with Crippen molar-refractivity contribution in [2.24, 2.45) is 0 Å². The van der Waals surface area contributed by atoms with E-state index < -0.39 is 0 Å². The van der Waals surface area contributed by atoms with Crippen LogP contribution in [-0.2, 0) is 6.54 Å². The predicted octanol–water partition coefficient (Wildman–Crippen LogP) is 1.95. The minimum Gasteiger partial charge on any atom is -0.363 e. The third-order valence-electron chi connectivity index (χ3n) is 2.25. The standard InChI is InChI=1S/C10H15N5S/c1-7(2)9-12-4-5-15(9)6-8-13-14-10(11-3)16-8/h4-5,7H,6H2,1-3H3,(H,11,14). The highest BCUT2D eigenvalue weighted by molar-refractivity contribution is 7.15. The first kappa shape index (κ1) is 11.1. The lowest BCUT2D eigenvalue weighted by molar-refractivity contribution is 0.664. The molecule has 0 aliphatic carbocycles. The third kappa shape index (κ3) is 2.21. The molecule has 0 saturated carbocycles. The second-order valence-electron chi connectivity index (χ2n) is 3.82. The van der Waals surface area contributed by atoms with Crippen LogP contribution in [0.5, 0.6) is 0 Å². The van der Waals surface area contributed by atoms with Crippen LogP contribution < -0.4 is 5.32 Å². The molecule has 2 aromatic heterocycles. The molecule has 0 unspecified atom stereocenters. The fraction of sp³-hybridized carbons (Fsp3) is 0.500. The van der Waals surface area contributed by atoms with Crippen molar-refractivity contribution in [3.63, 3.8) is 0 Å². The van der Waals surface area contributed by atoms with Crippen molar-refractivity contribution < 1.29 is 0 Å².